The van der Waals surface area contributed by atoms with Gasteiger partial charge in [-0.3, -0.25) is 0 Å². The Hall–Kier alpha value is -2.25. The number of halogens is 1. The molecule has 40 heavy (non-hydrogen) atoms. The third kappa shape index (κ3) is 8.16. The van der Waals surface area contributed by atoms with E-state index in [-0.39, 0.29) is 0 Å². The Morgan fingerprint density at radius 3 is 1.20 bits per heavy atom. The number of hydrogen-bond donors (Lipinski definition) is 0. The maximum absolute atomic E-state index is 5.82. The number of benzene rings is 4. The monoisotopic (exact) mass is 616 g/mol. The van der Waals surface area contributed by atoms with E-state index in [9.17, 15) is 0 Å². The Morgan fingerprint density at radius 2 is 0.775 bits per heavy atom. The molecule has 0 fully saturated rings. The molecule has 0 aromatic heterocycles. The minimum absolute atomic E-state index is 0.738. The van der Waals surface area contributed by atoms with E-state index in [4.69, 9.17) is 4.74 Å². The Bertz CT molecular complexity index is 1110. The normalized spacial score (nSPS) is 12.6. The van der Waals surface area contributed by atoms with Gasteiger partial charge in [-0.2, -0.15) is 0 Å². The van der Waals surface area contributed by atoms with Gasteiger partial charge in [-0.05, 0) is 5.56 Å². The quantitative estimate of drug-likeness (QED) is 0.0798. The fraction of sp³-hybridized carbons (Fsp3) is 0.351. The van der Waals surface area contributed by atoms with Gasteiger partial charge >= 0.3 is 205 Å². The van der Waals surface area contributed by atoms with Crippen molar-refractivity contribution in [1.29, 1.82) is 0 Å². The van der Waals surface area contributed by atoms with E-state index in [0.717, 1.165) is 19.4 Å². The van der Waals surface area contributed by atoms with Gasteiger partial charge in [0.15, 0.2) is 0 Å². The maximum atomic E-state index is 5.82. The zero-order chi connectivity index (χ0) is 27.8. The van der Waals surface area contributed by atoms with Crippen molar-refractivity contribution in [2.24, 2.45) is 0 Å². The van der Waals surface area contributed by atoms with Crippen LogP contribution in [0.25, 0.3) is 0 Å². The van der Waals surface area contributed by atoms with E-state index in [2.05, 4.69) is 137 Å². The first-order valence-corrected chi connectivity index (χ1v) is 19.7. The van der Waals surface area contributed by atoms with Crippen LogP contribution in [0.15, 0.2) is 121 Å². The van der Waals surface area contributed by atoms with Crippen LogP contribution in [-0.2, 0) is 11.3 Å². The molecule has 0 aliphatic carbocycles. The van der Waals surface area contributed by atoms with Crippen LogP contribution in [0.2, 0.25) is 0 Å². The second kappa shape index (κ2) is 16.3. The average Bonchev–Trinajstić information content (AvgIpc) is 3.03. The summed E-state index contributed by atoms with van der Waals surface area (Å²) in [7, 11) is 0. The first-order valence-electron chi connectivity index (χ1n) is 15.2. The van der Waals surface area contributed by atoms with Crippen LogP contribution >= 0.6 is 20.8 Å². The fourth-order valence-corrected chi connectivity index (χ4v) is 13.6. The Morgan fingerprint density at radius 1 is 0.425 bits per heavy atom. The van der Waals surface area contributed by atoms with Crippen LogP contribution in [0.3, 0.4) is 0 Å². The van der Waals surface area contributed by atoms with Crippen LogP contribution in [-0.4, -0.2) is 12.8 Å². The summed E-state index contributed by atoms with van der Waals surface area (Å²) in [6.07, 6.45) is 14.2. The summed E-state index contributed by atoms with van der Waals surface area (Å²) in [4.78, 5) is 0. The average molecular weight is 618 g/mol. The molecule has 0 bridgehead atoms. The van der Waals surface area contributed by atoms with Crippen molar-refractivity contribution in [3.8, 4) is 0 Å². The van der Waals surface area contributed by atoms with Gasteiger partial charge in [0.1, 0.15) is 0 Å². The van der Waals surface area contributed by atoms with Crippen molar-refractivity contribution < 1.29 is 4.74 Å². The molecule has 0 heterocycles. The van der Waals surface area contributed by atoms with Gasteiger partial charge in [0.25, 0.3) is 0 Å². The third-order valence-electron chi connectivity index (χ3n) is 8.11. The minimum atomic E-state index is -2.76. The summed E-state index contributed by atoms with van der Waals surface area (Å²) in [5, 5.41) is 1.53. The molecule has 0 saturated heterocycles. The van der Waals surface area contributed by atoms with Crippen molar-refractivity contribution >= 4 is 36.7 Å². The molecular formula is C37H46BrOP. The molecule has 4 rings (SSSR count). The van der Waals surface area contributed by atoms with Crippen molar-refractivity contribution in [3.05, 3.63) is 127 Å². The van der Waals surface area contributed by atoms with Gasteiger partial charge in [-0.1, -0.05) is 30.3 Å². The first kappa shape index (κ1) is 30.7. The van der Waals surface area contributed by atoms with Gasteiger partial charge < -0.3 is 4.74 Å². The van der Waals surface area contributed by atoms with E-state index < -0.39 is 5.31 Å². The van der Waals surface area contributed by atoms with E-state index >= 15 is 0 Å². The van der Waals surface area contributed by atoms with Gasteiger partial charge in [-0.15, -0.1) is 0 Å². The van der Waals surface area contributed by atoms with E-state index in [0.29, 0.717) is 0 Å². The van der Waals surface area contributed by atoms with Gasteiger partial charge in [0, 0.05) is 0 Å². The topological polar surface area (TPSA) is 9.23 Å². The molecule has 0 N–H and O–H groups in total. The second-order valence-corrected chi connectivity index (χ2v) is 20.0. The Balaban J connectivity index is 1.20. The van der Waals surface area contributed by atoms with E-state index in [1.807, 2.05) is 0 Å². The van der Waals surface area contributed by atoms with Gasteiger partial charge in [0.2, 0.25) is 0 Å². The summed E-state index contributed by atoms with van der Waals surface area (Å²) >= 11 is 4.58. The molecule has 0 aliphatic heterocycles. The number of ether oxygens (including phenoxy) is 1. The predicted octanol–water partition coefficient (Wildman–Crippen LogP) is 9.94. The molecule has 0 spiro atoms. The molecule has 212 valence electrons. The van der Waals surface area contributed by atoms with Crippen molar-refractivity contribution in [2.45, 2.75) is 70.8 Å². The third-order valence-corrected chi connectivity index (χ3v) is 18.1. The van der Waals surface area contributed by atoms with E-state index in [1.54, 1.807) is 0 Å². The zero-order valence-corrected chi connectivity index (χ0v) is 26.5. The Labute approximate surface area is 251 Å². The molecule has 1 nitrogen and oxygen atoms in total. The van der Waals surface area contributed by atoms with Crippen LogP contribution in [0, 0.1) is 0 Å². The Kier molecular flexibility index (Phi) is 12.5. The molecule has 4 aromatic carbocycles. The molecule has 4 aromatic rings. The van der Waals surface area contributed by atoms with Crippen LogP contribution in [0.5, 0.6) is 0 Å². The zero-order valence-electron chi connectivity index (χ0n) is 24.0. The summed E-state index contributed by atoms with van der Waals surface area (Å²) < 4.78 is 5.82. The number of rotatable bonds is 18. The van der Waals surface area contributed by atoms with Gasteiger partial charge in [-0.25, -0.2) is 0 Å². The molecule has 0 amide bonds. The molecular weight excluding hydrogens is 571 g/mol. The molecule has 0 unspecified atom stereocenters. The second-order valence-electron chi connectivity index (χ2n) is 11.0. The molecule has 3 heteroatoms. The fourth-order valence-electron chi connectivity index (χ4n) is 5.84. The van der Waals surface area contributed by atoms with Crippen LogP contribution in [0.1, 0.15) is 69.8 Å². The standard InChI is InChI=1S/C37H46BrOP/c38-40(35-25-15-10-16-26-35,36-27-17-11-18-28-36,37-29-19-12-20-30-37)32-22-8-6-4-2-1-3-5-7-21-31-39-33-34-23-13-9-14-24-34/h9-20,23-30H,1-8,21-22,31-33H2. The molecule has 0 aliphatic rings. The SMILES string of the molecule is BrP(CCCCCCCCCCCCOCc1ccccc1)(c1ccccc1)(c1ccccc1)c1ccccc1. The van der Waals surface area contributed by atoms with Crippen molar-refractivity contribution in [1.82, 2.24) is 0 Å². The summed E-state index contributed by atoms with van der Waals surface area (Å²) in [6, 6.07) is 44.1. The summed E-state index contributed by atoms with van der Waals surface area (Å²) in [5.74, 6) is 0. The van der Waals surface area contributed by atoms with Crippen molar-refractivity contribution in [3.63, 3.8) is 0 Å². The van der Waals surface area contributed by atoms with Crippen LogP contribution < -0.4 is 15.9 Å². The molecule has 0 atom stereocenters. The van der Waals surface area contributed by atoms with Crippen molar-refractivity contribution in [2.75, 3.05) is 12.8 Å². The van der Waals surface area contributed by atoms with Gasteiger partial charge in [0.05, 0.1) is 6.61 Å². The summed E-state index contributed by atoms with van der Waals surface area (Å²) in [5.41, 5.74) is 1.27. The number of hydrogen-bond acceptors (Lipinski definition) is 1. The predicted molar refractivity (Wildman–Crippen MR) is 181 cm³/mol. The number of unbranched alkanes of at least 4 members (excludes halogenated alkanes) is 9. The first-order chi connectivity index (χ1) is 19.7. The van der Waals surface area contributed by atoms with E-state index in [1.165, 1.54) is 85.7 Å². The molecule has 0 saturated carbocycles. The molecule has 0 radical (unpaired) electrons. The summed E-state index contributed by atoms with van der Waals surface area (Å²) in [6.45, 7) is 1.62. The van der Waals surface area contributed by atoms with Crippen LogP contribution in [0.4, 0.5) is 0 Å².